The van der Waals surface area contributed by atoms with Gasteiger partial charge in [0, 0.05) is 23.9 Å². The number of phosphoric acid groups is 1. The van der Waals surface area contributed by atoms with Crippen molar-refractivity contribution in [1.82, 2.24) is 14.9 Å². The minimum absolute atomic E-state index is 0.0241. The van der Waals surface area contributed by atoms with Gasteiger partial charge in [-0.2, -0.15) is 18.2 Å². The number of aliphatic hydroxyl groups excluding tert-OH is 1. The number of alkyl halides is 3. The van der Waals surface area contributed by atoms with Crippen LogP contribution in [0.25, 0.3) is 4.85 Å². The van der Waals surface area contributed by atoms with Gasteiger partial charge in [0.25, 0.3) is 5.91 Å². The van der Waals surface area contributed by atoms with Crippen molar-refractivity contribution in [2.24, 2.45) is 0 Å². The summed E-state index contributed by atoms with van der Waals surface area (Å²) in [4.78, 5) is 43.8. The van der Waals surface area contributed by atoms with E-state index in [-0.39, 0.29) is 45.1 Å². The minimum Gasteiger partial charge on any atom is -0.393 e. The second-order valence-electron chi connectivity index (χ2n) is 11.0. The number of aliphatic hydroxyl groups is 1. The zero-order valence-electron chi connectivity index (χ0n) is 25.8. The SMILES string of the molecule is [C-]#[N+]CCOP(=O)(OCCCCCCNC(=O)C(F)(F)F)O[C@@H]1C2OC[C@]1(CO)O[C@H]2n1cc(C)c(NC(=O)c2ccccc2)nc1=O. The molecule has 19 heteroatoms. The zero-order valence-corrected chi connectivity index (χ0v) is 26.7. The zero-order chi connectivity index (χ0) is 35.0. The maximum atomic E-state index is 13.7. The molecule has 1 aromatic carbocycles. The van der Waals surface area contributed by atoms with Gasteiger partial charge in [-0.3, -0.25) is 27.7 Å². The highest BCUT2D eigenvalue weighted by atomic mass is 31.2. The molecule has 0 saturated carbocycles. The van der Waals surface area contributed by atoms with Crippen molar-refractivity contribution < 1.29 is 55.5 Å². The van der Waals surface area contributed by atoms with E-state index in [0.717, 1.165) is 4.57 Å². The Morgan fingerprint density at radius 1 is 1.19 bits per heavy atom. The van der Waals surface area contributed by atoms with Crippen molar-refractivity contribution in [3.8, 4) is 0 Å². The van der Waals surface area contributed by atoms with Crippen molar-refractivity contribution in [2.45, 2.75) is 62.8 Å². The van der Waals surface area contributed by atoms with Crippen molar-refractivity contribution in [3.05, 3.63) is 69.6 Å². The molecular formula is C29H35F3N5O10P. The van der Waals surface area contributed by atoms with Crippen molar-refractivity contribution in [2.75, 3.05) is 44.8 Å². The Bertz CT molecular complexity index is 1590. The van der Waals surface area contributed by atoms with Crippen LogP contribution in [0.3, 0.4) is 0 Å². The molecule has 2 aromatic rings. The molecule has 4 rings (SSSR count). The molecule has 0 spiro atoms. The lowest BCUT2D eigenvalue weighted by Crippen LogP contribution is -2.45. The fraction of sp³-hybridized carbons (Fsp3) is 0.552. The maximum absolute atomic E-state index is 13.7. The van der Waals surface area contributed by atoms with Crippen LogP contribution in [0.2, 0.25) is 0 Å². The lowest BCUT2D eigenvalue weighted by molar-refractivity contribution is -0.187. The van der Waals surface area contributed by atoms with E-state index in [1.807, 2.05) is 0 Å². The van der Waals surface area contributed by atoms with Gasteiger partial charge in [-0.05, 0) is 31.9 Å². The molecule has 2 fully saturated rings. The first-order chi connectivity index (χ1) is 22.8. The lowest BCUT2D eigenvalue weighted by Gasteiger charge is -2.30. The quantitative estimate of drug-likeness (QED) is 0.125. The van der Waals surface area contributed by atoms with Crippen molar-refractivity contribution >= 4 is 25.5 Å². The summed E-state index contributed by atoms with van der Waals surface area (Å²) >= 11 is 0. The molecule has 2 unspecified atom stereocenters. The van der Waals surface area contributed by atoms with Crippen LogP contribution in [0.1, 0.15) is 47.8 Å². The van der Waals surface area contributed by atoms with Gasteiger partial charge >= 0.3 is 25.6 Å². The standard InChI is InChI=1S/C29H35F3N5O10P/c1-19-16-37(27(41)36-23(19)35-24(39)20-10-6-5-7-11-20)25-21-22(28(17-38,46-25)18-43-21)47-48(42,45-15-13-33-2)44-14-9-4-3-8-12-34-26(40)29(30,31)32/h5-7,10-11,16,21-22,25,38H,3-4,8-9,12-15,17-18H2,1H3,(H,34,40)(H,35,36,39,41)/t21?,22-,25-,28+,48?/m1/s1. The molecule has 48 heavy (non-hydrogen) atoms. The largest absolute Gasteiger partial charge is 0.475 e. The number of aryl methyl sites for hydroxylation is 1. The first-order valence-corrected chi connectivity index (χ1v) is 16.4. The van der Waals surface area contributed by atoms with Crippen LogP contribution in [0.4, 0.5) is 19.0 Å². The van der Waals surface area contributed by atoms with E-state index in [1.165, 1.54) is 6.20 Å². The molecule has 2 amide bonds. The first-order valence-electron chi connectivity index (χ1n) is 14.9. The molecule has 0 aliphatic carbocycles. The van der Waals surface area contributed by atoms with Gasteiger partial charge in [0.15, 0.2) is 6.23 Å². The van der Waals surface area contributed by atoms with Gasteiger partial charge in [0.05, 0.1) is 19.8 Å². The number of unbranched alkanes of at least 4 members (excludes halogenated alkanes) is 3. The number of ether oxygens (including phenoxy) is 2. The summed E-state index contributed by atoms with van der Waals surface area (Å²) in [6.07, 6.45) is -5.65. The van der Waals surface area contributed by atoms with Crippen LogP contribution in [0.15, 0.2) is 41.3 Å². The number of benzene rings is 1. The summed E-state index contributed by atoms with van der Waals surface area (Å²) in [6.45, 7) is 6.94. The summed E-state index contributed by atoms with van der Waals surface area (Å²) in [5.41, 5.74) is -1.63. The van der Waals surface area contributed by atoms with E-state index in [4.69, 9.17) is 29.6 Å². The number of hydrogen-bond donors (Lipinski definition) is 3. The number of halogens is 3. The molecule has 262 valence electrons. The topological polar surface area (TPSA) is 181 Å². The Hall–Kier alpha value is -3.69. The number of carbonyl (C=O) groups is 2. The molecule has 2 aliphatic heterocycles. The van der Waals surface area contributed by atoms with E-state index in [2.05, 4.69) is 15.1 Å². The van der Waals surface area contributed by atoms with Crippen LogP contribution in [-0.4, -0.2) is 90.0 Å². The van der Waals surface area contributed by atoms with E-state index in [1.54, 1.807) is 42.6 Å². The molecule has 15 nitrogen and oxygen atoms in total. The number of nitrogens with one attached hydrogen (secondary N) is 2. The van der Waals surface area contributed by atoms with Gasteiger partial charge in [0.2, 0.25) is 6.54 Å². The smallest absolute Gasteiger partial charge is 0.393 e. The third-order valence-corrected chi connectivity index (χ3v) is 8.96. The van der Waals surface area contributed by atoms with Gasteiger partial charge < -0.3 is 30.1 Å². The van der Waals surface area contributed by atoms with E-state index in [9.17, 15) is 37.2 Å². The third kappa shape index (κ3) is 9.05. The molecule has 2 bridgehead atoms. The second kappa shape index (κ2) is 16.1. The van der Waals surface area contributed by atoms with Gasteiger partial charge in [-0.15, -0.1) is 0 Å². The molecule has 1 aromatic heterocycles. The number of phosphoric ester groups is 1. The van der Waals surface area contributed by atoms with Crippen molar-refractivity contribution in [1.29, 1.82) is 0 Å². The third-order valence-electron chi connectivity index (χ3n) is 7.48. The number of hydrogen-bond acceptors (Lipinski definition) is 11. The first kappa shape index (κ1) is 37.1. The summed E-state index contributed by atoms with van der Waals surface area (Å²) < 4.78 is 80.2. The van der Waals surface area contributed by atoms with E-state index >= 15 is 0 Å². The lowest BCUT2D eigenvalue weighted by atomic mass is 10.0. The Balaban J connectivity index is 1.40. The second-order valence-corrected chi connectivity index (χ2v) is 12.6. The molecule has 2 aliphatic rings. The molecule has 5 atom stereocenters. The summed E-state index contributed by atoms with van der Waals surface area (Å²) in [6, 6.07) is 8.33. The Kier molecular flexibility index (Phi) is 12.5. The van der Waals surface area contributed by atoms with Crippen LogP contribution in [-0.2, 0) is 32.4 Å². The number of carbonyl (C=O) groups excluding carboxylic acids is 2. The molecular weight excluding hydrogens is 666 g/mol. The summed E-state index contributed by atoms with van der Waals surface area (Å²) in [7, 11) is -4.42. The van der Waals surface area contributed by atoms with Crippen LogP contribution < -0.4 is 16.3 Å². The number of amides is 2. The highest BCUT2D eigenvalue weighted by Crippen LogP contribution is 2.57. The van der Waals surface area contributed by atoms with Crippen LogP contribution in [0.5, 0.6) is 0 Å². The summed E-state index contributed by atoms with van der Waals surface area (Å²) in [5, 5.41) is 14.7. The molecule has 2 saturated heterocycles. The van der Waals surface area contributed by atoms with Crippen molar-refractivity contribution in [3.63, 3.8) is 0 Å². The predicted molar refractivity (Wildman–Crippen MR) is 161 cm³/mol. The van der Waals surface area contributed by atoms with Gasteiger partial charge in [-0.25, -0.2) is 15.9 Å². The number of fused-ring (bicyclic) bond motifs is 2. The van der Waals surface area contributed by atoms with Gasteiger partial charge in [0.1, 0.15) is 30.2 Å². The summed E-state index contributed by atoms with van der Waals surface area (Å²) in [5.74, 6) is -2.46. The highest BCUT2D eigenvalue weighted by molar-refractivity contribution is 7.48. The molecule has 3 heterocycles. The Morgan fingerprint density at radius 2 is 1.90 bits per heavy atom. The number of aromatic nitrogens is 2. The van der Waals surface area contributed by atoms with E-state index in [0.29, 0.717) is 30.4 Å². The average Bonchev–Trinajstić information content (AvgIpc) is 3.55. The van der Waals surface area contributed by atoms with E-state index < -0.39 is 62.1 Å². The number of anilines is 1. The Labute approximate surface area is 273 Å². The minimum atomic E-state index is -4.95. The fourth-order valence-corrected chi connectivity index (χ4v) is 6.47. The number of rotatable bonds is 17. The predicted octanol–water partition coefficient (Wildman–Crippen LogP) is 3.15. The van der Waals surface area contributed by atoms with Crippen LogP contribution in [0, 0.1) is 13.5 Å². The van der Waals surface area contributed by atoms with Gasteiger partial charge in [-0.1, -0.05) is 31.0 Å². The monoisotopic (exact) mass is 701 g/mol. The maximum Gasteiger partial charge on any atom is 0.475 e. The Morgan fingerprint density at radius 3 is 2.58 bits per heavy atom. The normalized spacial score (nSPS) is 23.0. The molecule has 3 N–H and O–H groups in total. The van der Waals surface area contributed by atoms with Crippen LogP contribution >= 0.6 is 7.82 Å². The number of nitrogens with zero attached hydrogens (tertiary/aromatic N) is 3. The molecule has 0 radical (unpaired) electrons. The highest BCUT2D eigenvalue weighted by Gasteiger charge is 2.65. The average molecular weight is 702 g/mol. The fourth-order valence-electron chi connectivity index (χ4n) is 5.03.